The highest BCUT2D eigenvalue weighted by Crippen LogP contribution is 2.15. The van der Waals surface area contributed by atoms with Gasteiger partial charge < -0.3 is 0 Å². The monoisotopic (exact) mass is 299 g/mol. The Kier molecular flexibility index (Phi) is 3.74. The highest BCUT2D eigenvalue weighted by Gasteiger charge is 2.17. The molecule has 6 nitrogen and oxygen atoms in total. The van der Waals surface area contributed by atoms with Crippen molar-refractivity contribution in [1.82, 2.24) is 20.4 Å². The van der Waals surface area contributed by atoms with Gasteiger partial charge in [0.05, 0.1) is 11.7 Å². The van der Waals surface area contributed by atoms with Gasteiger partial charge in [0.15, 0.2) is 0 Å². The second kappa shape index (κ2) is 5.84. The molecule has 1 aromatic carbocycles. The minimum absolute atomic E-state index is 0.238. The number of fused-ring (bicyclic) bond motifs is 1. The van der Waals surface area contributed by atoms with Crippen LogP contribution >= 0.6 is 11.3 Å². The van der Waals surface area contributed by atoms with Crippen molar-refractivity contribution in [3.63, 3.8) is 0 Å². The Morgan fingerprint density at radius 3 is 3.05 bits per heavy atom. The number of para-hydroxylation sites is 1. The van der Waals surface area contributed by atoms with Gasteiger partial charge in [0, 0.05) is 4.88 Å². The van der Waals surface area contributed by atoms with Gasteiger partial charge in [-0.15, -0.1) is 16.4 Å². The lowest BCUT2D eigenvalue weighted by Gasteiger charge is -2.10. The smallest absolute Gasteiger partial charge is 0.264 e. The van der Waals surface area contributed by atoms with Crippen molar-refractivity contribution in [3.8, 4) is 0 Å². The maximum atomic E-state index is 12.1. The van der Waals surface area contributed by atoms with E-state index >= 15 is 0 Å². The number of nitrogens with zero attached hydrogens (tertiary/aromatic N) is 4. The fraction of sp³-hybridized carbons (Fsp3) is 0.143. The second-order valence-corrected chi connectivity index (χ2v) is 5.43. The molecule has 0 fully saturated rings. The van der Waals surface area contributed by atoms with Crippen molar-refractivity contribution in [2.45, 2.75) is 13.0 Å². The summed E-state index contributed by atoms with van der Waals surface area (Å²) in [6, 6.07) is 10.9. The van der Waals surface area contributed by atoms with Crippen molar-refractivity contribution >= 4 is 34.5 Å². The first-order chi connectivity index (χ1) is 10.3. The summed E-state index contributed by atoms with van der Waals surface area (Å²) in [6.07, 6.45) is 1.62. The van der Waals surface area contributed by atoms with E-state index in [2.05, 4.69) is 20.8 Å². The Labute approximate surface area is 125 Å². The molecule has 3 rings (SSSR count). The minimum Gasteiger partial charge on any atom is -0.271 e. The molecule has 2 aromatic heterocycles. The quantitative estimate of drug-likeness (QED) is 0.593. The van der Waals surface area contributed by atoms with E-state index in [0.717, 1.165) is 15.9 Å². The maximum Gasteiger partial charge on any atom is 0.264 e. The summed E-state index contributed by atoms with van der Waals surface area (Å²) in [5.74, 6) is -0.238. The van der Waals surface area contributed by atoms with Crippen LogP contribution in [0.2, 0.25) is 0 Å². The lowest BCUT2D eigenvalue weighted by Crippen LogP contribution is -2.28. The number of thiophene rings is 1. The molecule has 0 aliphatic rings. The first kappa shape index (κ1) is 13.4. The Hall–Kier alpha value is -2.54. The summed E-state index contributed by atoms with van der Waals surface area (Å²) in [7, 11) is 0. The lowest BCUT2D eigenvalue weighted by molar-refractivity contribution is -0.124. The van der Waals surface area contributed by atoms with Crippen LogP contribution in [0.25, 0.3) is 11.0 Å². The molecule has 2 heterocycles. The molecule has 106 valence electrons. The van der Waals surface area contributed by atoms with Crippen LogP contribution in [0.1, 0.15) is 17.8 Å². The van der Waals surface area contributed by atoms with Gasteiger partial charge >= 0.3 is 0 Å². The average molecular weight is 299 g/mol. The fourth-order valence-corrected chi connectivity index (χ4v) is 2.49. The summed E-state index contributed by atoms with van der Waals surface area (Å²) >= 11 is 1.55. The second-order valence-electron chi connectivity index (χ2n) is 4.45. The molecule has 0 aliphatic carbocycles. The number of hydrogen-bond acceptors (Lipinski definition) is 5. The summed E-state index contributed by atoms with van der Waals surface area (Å²) in [4.78, 5) is 13.1. The van der Waals surface area contributed by atoms with Crippen LogP contribution in [-0.2, 0) is 4.79 Å². The number of hydrazone groups is 1. The van der Waals surface area contributed by atoms with E-state index in [0.29, 0.717) is 0 Å². The molecule has 0 unspecified atom stereocenters. The highest BCUT2D eigenvalue weighted by molar-refractivity contribution is 7.11. The van der Waals surface area contributed by atoms with Crippen molar-refractivity contribution in [2.24, 2.45) is 5.10 Å². The molecule has 21 heavy (non-hydrogen) atoms. The van der Waals surface area contributed by atoms with E-state index < -0.39 is 6.04 Å². The SMILES string of the molecule is C[C@@H](C(=O)N/N=C\c1cccs1)n1nnc2ccccc21. The van der Waals surface area contributed by atoms with Gasteiger partial charge in [-0.1, -0.05) is 23.4 Å². The molecule has 0 aliphatic heterocycles. The van der Waals surface area contributed by atoms with Gasteiger partial charge in [-0.05, 0) is 30.5 Å². The van der Waals surface area contributed by atoms with Gasteiger partial charge in [-0.25, -0.2) is 10.1 Å². The first-order valence-electron chi connectivity index (χ1n) is 6.42. The van der Waals surface area contributed by atoms with E-state index in [4.69, 9.17) is 0 Å². The largest absolute Gasteiger partial charge is 0.271 e. The van der Waals surface area contributed by atoms with Crippen molar-refractivity contribution in [3.05, 3.63) is 46.7 Å². The van der Waals surface area contributed by atoms with E-state index in [1.54, 1.807) is 29.2 Å². The third-order valence-electron chi connectivity index (χ3n) is 3.03. The number of rotatable bonds is 4. The van der Waals surface area contributed by atoms with Crippen LogP contribution in [0.5, 0.6) is 0 Å². The fourth-order valence-electron chi connectivity index (χ4n) is 1.90. The summed E-state index contributed by atoms with van der Waals surface area (Å²) in [6.45, 7) is 1.76. The van der Waals surface area contributed by atoms with E-state index in [1.807, 2.05) is 41.8 Å². The van der Waals surface area contributed by atoms with E-state index in [9.17, 15) is 4.79 Å². The third-order valence-corrected chi connectivity index (χ3v) is 3.84. The summed E-state index contributed by atoms with van der Waals surface area (Å²) in [5.41, 5.74) is 4.11. The zero-order chi connectivity index (χ0) is 14.7. The number of benzene rings is 1. The minimum atomic E-state index is -0.488. The number of hydrogen-bond donors (Lipinski definition) is 1. The Morgan fingerprint density at radius 1 is 1.38 bits per heavy atom. The van der Waals surface area contributed by atoms with Crippen LogP contribution in [0.15, 0.2) is 46.9 Å². The molecule has 1 N–H and O–H groups in total. The van der Waals surface area contributed by atoms with Crippen LogP contribution in [0.4, 0.5) is 0 Å². The van der Waals surface area contributed by atoms with E-state index in [1.165, 1.54) is 0 Å². The molecule has 0 saturated carbocycles. The molecular formula is C14H13N5OS. The number of amides is 1. The molecular weight excluding hydrogens is 286 g/mol. The molecule has 0 bridgehead atoms. The van der Waals surface area contributed by atoms with Crippen LogP contribution in [-0.4, -0.2) is 27.1 Å². The molecule has 0 spiro atoms. The third kappa shape index (κ3) is 2.82. The molecule has 3 aromatic rings. The lowest BCUT2D eigenvalue weighted by atomic mass is 10.3. The van der Waals surface area contributed by atoms with Gasteiger partial charge in [0.1, 0.15) is 11.6 Å². The number of nitrogens with one attached hydrogen (secondary N) is 1. The predicted molar refractivity (Wildman–Crippen MR) is 82.3 cm³/mol. The normalized spacial score (nSPS) is 12.8. The standard InChI is InChI=1S/C14H13N5OS/c1-10(14(20)17-15-9-11-5-4-8-21-11)19-13-7-3-2-6-12(13)16-18-19/h2-10H,1H3,(H,17,20)/b15-9-/t10-/m0/s1. The Bertz CT molecular complexity index is 778. The molecule has 0 radical (unpaired) electrons. The van der Waals surface area contributed by atoms with E-state index in [-0.39, 0.29) is 5.91 Å². The van der Waals surface area contributed by atoms with Crippen LogP contribution in [0.3, 0.4) is 0 Å². The Balaban J connectivity index is 1.72. The van der Waals surface area contributed by atoms with Gasteiger partial charge in [0.25, 0.3) is 5.91 Å². The summed E-state index contributed by atoms with van der Waals surface area (Å²) in [5, 5.41) is 14.0. The molecule has 1 amide bonds. The van der Waals surface area contributed by atoms with Crippen LogP contribution < -0.4 is 5.43 Å². The van der Waals surface area contributed by atoms with Crippen molar-refractivity contribution < 1.29 is 4.79 Å². The number of carbonyl (C=O) groups is 1. The van der Waals surface area contributed by atoms with Crippen molar-refractivity contribution in [1.29, 1.82) is 0 Å². The van der Waals surface area contributed by atoms with Gasteiger partial charge in [-0.3, -0.25) is 4.79 Å². The predicted octanol–water partition coefficient (Wildman–Crippen LogP) is 2.20. The zero-order valence-electron chi connectivity index (χ0n) is 11.3. The number of carbonyl (C=O) groups excluding carboxylic acids is 1. The number of aromatic nitrogens is 3. The molecule has 7 heteroatoms. The summed E-state index contributed by atoms with van der Waals surface area (Å²) < 4.78 is 1.59. The van der Waals surface area contributed by atoms with Gasteiger partial charge in [-0.2, -0.15) is 5.10 Å². The molecule has 0 saturated heterocycles. The maximum absolute atomic E-state index is 12.1. The van der Waals surface area contributed by atoms with Crippen LogP contribution in [0, 0.1) is 0 Å². The average Bonchev–Trinajstić information content (AvgIpc) is 3.15. The topological polar surface area (TPSA) is 72.2 Å². The Morgan fingerprint density at radius 2 is 2.24 bits per heavy atom. The molecule has 1 atom stereocenters. The highest BCUT2D eigenvalue weighted by atomic mass is 32.1. The zero-order valence-corrected chi connectivity index (χ0v) is 12.1. The van der Waals surface area contributed by atoms with Gasteiger partial charge in [0.2, 0.25) is 0 Å². The first-order valence-corrected chi connectivity index (χ1v) is 7.30. The van der Waals surface area contributed by atoms with Crippen molar-refractivity contribution in [2.75, 3.05) is 0 Å².